The van der Waals surface area contributed by atoms with Gasteiger partial charge in [0.25, 0.3) is 0 Å². The van der Waals surface area contributed by atoms with Gasteiger partial charge < -0.3 is 9.84 Å². The molecule has 1 saturated heterocycles. The van der Waals surface area contributed by atoms with Crippen molar-refractivity contribution < 1.29 is 31.8 Å². The van der Waals surface area contributed by atoms with E-state index in [2.05, 4.69) is 0 Å². The molecule has 0 aromatic heterocycles. The molecule has 2 rings (SSSR count). The van der Waals surface area contributed by atoms with Gasteiger partial charge in [-0.3, -0.25) is 4.79 Å². The van der Waals surface area contributed by atoms with Crippen LogP contribution in [0, 0.1) is 17.6 Å². The fourth-order valence-electron chi connectivity index (χ4n) is 2.12. The van der Waals surface area contributed by atoms with Gasteiger partial charge in [0.05, 0.1) is 30.1 Å². The Morgan fingerprint density at radius 2 is 2.00 bits per heavy atom. The van der Waals surface area contributed by atoms with Crippen molar-refractivity contribution in [3.8, 4) is 0 Å². The largest absolute Gasteiger partial charge is 0.481 e. The summed E-state index contributed by atoms with van der Waals surface area (Å²) in [5.74, 6) is -4.63. The molecule has 1 aromatic carbocycles. The Bertz CT molecular complexity index is 664. The lowest BCUT2D eigenvalue weighted by Crippen LogP contribution is -2.44. The number of benzene rings is 1. The summed E-state index contributed by atoms with van der Waals surface area (Å²) in [5, 5.41) is 9.04. The molecule has 9 heteroatoms. The van der Waals surface area contributed by atoms with Crippen LogP contribution in [0.1, 0.15) is 0 Å². The van der Waals surface area contributed by atoms with Gasteiger partial charge in [-0.2, -0.15) is 4.31 Å². The molecule has 0 aliphatic carbocycles. The molecule has 21 heavy (non-hydrogen) atoms. The van der Waals surface area contributed by atoms with Crippen molar-refractivity contribution in [3.63, 3.8) is 0 Å². The molecule has 0 saturated carbocycles. The lowest BCUT2D eigenvalue weighted by Gasteiger charge is -2.25. The SMILES string of the molecule is CN(C1COCC1C(=O)O)S(=O)(=O)c1ccc(F)c(F)c1. The van der Waals surface area contributed by atoms with E-state index in [9.17, 15) is 22.0 Å². The highest BCUT2D eigenvalue weighted by Gasteiger charge is 2.41. The van der Waals surface area contributed by atoms with Gasteiger partial charge in [-0.25, -0.2) is 17.2 Å². The van der Waals surface area contributed by atoms with E-state index in [4.69, 9.17) is 9.84 Å². The first kappa shape index (κ1) is 15.8. The number of halogens is 2. The monoisotopic (exact) mass is 321 g/mol. The normalized spacial score (nSPS) is 22.7. The Morgan fingerprint density at radius 3 is 2.57 bits per heavy atom. The Kier molecular flexibility index (Phi) is 4.26. The molecule has 2 atom stereocenters. The van der Waals surface area contributed by atoms with Gasteiger partial charge >= 0.3 is 5.97 Å². The predicted octanol–water partition coefficient (Wildman–Crippen LogP) is 0.685. The molecule has 1 aliphatic rings. The van der Waals surface area contributed by atoms with Gasteiger partial charge in [0.1, 0.15) is 0 Å². The molecule has 1 aliphatic heterocycles. The number of hydrogen-bond acceptors (Lipinski definition) is 4. The Balaban J connectivity index is 2.34. The average Bonchev–Trinajstić information content (AvgIpc) is 2.90. The quantitative estimate of drug-likeness (QED) is 0.882. The fraction of sp³-hybridized carbons (Fsp3) is 0.417. The molecule has 1 heterocycles. The van der Waals surface area contributed by atoms with Crippen molar-refractivity contribution >= 4 is 16.0 Å². The van der Waals surface area contributed by atoms with Crippen LogP contribution in [-0.4, -0.2) is 50.1 Å². The Labute approximate surface area is 120 Å². The first-order chi connectivity index (χ1) is 9.75. The number of likely N-dealkylation sites (N-methyl/N-ethyl adjacent to an activating group) is 1. The second-order valence-corrected chi connectivity index (χ2v) is 6.64. The van der Waals surface area contributed by atoms with Crippen LogP contribution in [0.15, 0.2) is 23.1 Å². The van der Waals surface area contributed by atoms with Crippen molar-refractivity contribution in [2.45, 2.75) is 10.9 Å². The number of ether oxygens (including phenoxy) is 1. The maximum atomic E-state index is 13.2. The van der Waals surface area contributed by atoms with Crippen LogP contribution in [0.2, 0.25) is 0 Å². The highest BCUT2D eigenvalue weighted by atomic mass is 32.2. The third kappa shape index (κ3) is 2.89. The van der Waals surface area contributed by atoms with Gasteiger partial charge in [-0.05, 0) is 18.2 Å². The van der Waals surface area contributed by atoms with Crippen molar-refractivity contribution in [2.24, 2.45) is 5.92 Å². The molecule has 0 spiro atoms. The van der Waals surface area contributed by atoms with E-state index in [0.717, 1.165) is 10.4 Å². The van der Waals surface area contributed by atoms with Crippen molar-refractivity contribution in [3.05, 3.63) is 29.8 Å². The van der Waals surface area contributed by atoms with E-state index in [-0.39, 0.29) is 13.2 Å². The summed E-state index contributed by atoms with van der Waals surface area (Å²) in [6.45, 7) is -0.173. The number of hydrogen-bond donors (Lipinski definition) is 1. The number of carboxylic acids is 1. The van der Waals surface area contributed by atoms with Crippen LogP contribution >= 0.6 is 0 Å². The number of nitrogens with zero attached hydrogens (tertiary/aromatic N) is 1. The second kappa shape index (κ2) is 5.66. The minimum Gasteiger partial charge on any atom is -0.481 e. The van der Waals surface area contributed by atoms with Crippen molar-refractivity contribution in [1.82, 2.24) is 4.31 Å². The maximum absolute atomic E-state index is 13.2. The number of sulfonamides is 1. The van der Waals surface area contributed by atoms with Crippen LogP contribution in [0.4, 0.5) is 8.78 Å². The average molecular weight is 321 g/mol. The van der Waals surface area contributed by atoms with Crippen LogP contribution in [0.3, 0.4) is 0 Å². The summed E-state index contributed by atoms with van der Waals surface area (Å²) in [6.07, 6.45) is 0. The highest BCUT2D eigenvalue weighted by Crippen LogP contribution is 2.25. The summed E-state index contributed by atoms with van der Waals surface area (Å²) in [5.41, 5.74) is 0. The molecule has 0 amide bonds. The summed E-state index contributed by atoms with van der Waals surface area (Å²) in [4.78, 5) is 10.6. The lowest BCUT2D eigenvalue weighted by atomic mass is 10.1. The molecular formula is C12H13F2NO5S. The summed E-state index contributed by atoms with van der Waals surface area (Å²) in [7, 11) is -2.96. The Morgan fingerprint density at radius 1 is 1.33 bits per heavy atom. The van der Waals surface area contributed by atoms with Crippen LogP contribution in [-0.2, 0) is 19.6 Å². The first-order valence-corrected chi connectivity index (χ1v) is 7.43. The van der Waals surface area contributed by atoms with E-state index in [1.807, 2.05) is 0 Å². The summed E-state index contributed by atoms with van der Waals surface area (Å²) >= 11 is 0. The minimum absolute atomic E-state index is 0.0730. The minimum atomic E-state index is -4.14. The highest BCUT2D eigenvalue weighted by molar-refractivity contribution is 7.89. The van der Waals surface area contributed by atoms with E-state index < -0.39 is 44.5 Å². The molecule has 1 N–H and O–H groups in total. The molecule has 6 nitrogen and oxygen atoms in total. The van der Waals surface area contributed by atoms with E-state index in [0.29, 0.717) is 12.1 Å². The Hall–Kier alpha value is -1.58. The lowest BCUT2D eigenvalue weighted by molar-refractivity contribution is -0.142. The molecule has 2 unspecified atom stereocenters. The van der Waals surface area contributed by atoms with Crippen molar-refractivity contribution in [1.29, 1.82) is 0 Å². The smallest absolute Gasteiger partial charge is 0.310 e. The van der Waals surface area contributed by atoms with Gasteiger partial charge in [0.2, 0.25) is 10.0 Å². The number of aliphatic carboxylic acids is 1. The van der Waals surface area contributed by atoms with Gasteiger partial charge in [-0.1, -0.05) is 0 Å². The standard InChI is InChI=1S/C12H13F2NO5S/c1-15(11-6-20-5-8(11)12(16)17)21(18,19)7-2-3-9(13)10(14)4-7/h2-4,8,11H,5-6H2,1H3,(H,16,17). The van der Waals surface area contributed by atoms with E-state index in [1.54, 1.807) is 0 Å². The zero-order valence-electron chi connectivity index (χ0n) is 11.0. The third-order valence-corrected chi connectivity index (χ3v) is 5.28. The second-order valence-electron chi connectivity index (χ2n) is 4.65. The number of rotatable bonds is 4. The van der Waals surface area contributed by atoms with Crippen LogP contribution < -0.4 is 0 Å². The summed E-state index contributed by atoms with van der Waals surface area (Å²) < 4.78 is 56.6. The zero-order valence-corrected chi connectivity index (χ0v) is 11.8. The summed E-state index contributed by atoms with van der Waals surface area (Å²) in [6, 6.07) is 1.29. The maximum Gasteiger partial charge on any atom is 0.310 e. The number of carboxylic acid groups (broad SMARTS) is 1. The zero-order chi connectivity index (χ0) is 15.8. The fourth-order valence-corrected chi connectivity index (χ4v) is 3.51. The predicted molar refractivity (Wildman–Crippen MR) is 67.0 cm³/mol. The van der Waals surface area contributed by atoms with E-state index >= 15 is 0 Å². The van der Waals surface area contributed by atoms with E-state index in [1.165, 1.54) is 7.05 Å². The van der Waals surface area contributed by atoms with Crippen molar-refractivity contribution in [2.75, 3.05) is 20.3 Å². The molecular weight excluding hydrogens is 308 g/mol. The number of carbonyl (C=O) groups is 1. The third-order valence-electron chi connectivity index (χ3n) is 3.40. The molecule has 0 radical (unpaired) electrons. The molecule has 1 fully saturated rings. The van der Waals surface area contributed by atoms with Gasteiger partial charge in [0.15, 0.2) is 11.6 Å². The first-order valence-electron chi connectivity index (χ1n) is 5.99. The van der Waals surface area contributed by atoms with Crippen LogP contribution in [0.25, 0.3) is 0 Å². The topological polar surface area (TPSA) is 83.9 Å². The van der Waals surface area contributed by atoms with Gasteiger partial charge in [-0.15, -0.1) is 0 Å². The van der Waals surface area contributed by atoms with Crippen LogP contribution in [0.5, 0.6) is 0 Å². The molecule has 0 bridgehead atoms. The molecule has 1 aromatic rings. The van der Waals surface area contributed by atoms with Gasteiger partial charge in [0, 0.05) is 7.05 Å². The molecule has 116 valence electrons.